The summed E-state index contributed by atoms with van der Waals surface area (Å²) in [5, 5.41) is 0. The van der Waals surface area contributed by atoms with Crippen LogP contribution in [0, 0.1) is 0 Å². The predicted molar refractivity (Wildman–Crippen MR) is 72.6 cm³/mol. The molecule has 0 heterocycles. The molecule has 120 valence electrons. The van der Waals surface area contributed by atoms with Crippen LogP contribution in [0.15, 0.2) is 29.2 Å². The third kappa shape index (κ3) is 6.25. The second-order valence-electron chi connectivity index (χ2n) is 4.09. The van der Waals surface area contributed by atoms with E-state index in [1.165, 1.54) is 12.1 Å². The Morgan fingerprint density at radius 3 is 1.76 bits per heavy atom. The maximum Gasteiger partial charge on any atom is 0.344 e. The Bertz CT molecular complexity index is 682. The van der Waals surface area contributed by atoms with Gasteiger partial charge in [-0.25, -0.2) is 0 Å². The lowest BCUT2D eigenvalue weighted by molar-refractivity contribution is 0.366. The van der Waals surface area contributed by atoms with E-state index in [-0.39, 0.29) is 0 Å². The normalized spacial score (nSPS) is 13.2. The summed E-state index contributed by atoms with van der Waals surface area (Å²) < 4.78 is 53.6. The summed E-state index contributed by atoms with van der Waals surface area (Å²) >= 11 is 0. The van der Waals surface area contributed by atoms with Gasteiger partial charge >= 0.3 is 15.2 Å². The molecule has 0 aromatic heterocycles. The number of hydrogen-bond acceptors (Lipinski definition) is 5. The standard InChI is InChI=1S/C8H13NO9P2S/c10-19(11,12)5-9(6-20(13,14)15)7-3-1-2-4-8(7)21(16,17)18/h1-4H,5-6H2,(H2,10,11,12)(H2,13,14,15)(H,16,17,18). The number of nitrogens with zero attached hydrogens (tertiary/aromatic N) is 1. The molecule has 0 spiro atoms. The number of hydrogen-bond donors (Lipinski definition) is 5. The predicted octanol–water partition coefficient (Wildman–Crippen LogP) is 0.0101. The zero-order chi connectivity index (χ0) is 16.5. The fourth-order valence-electron chi connectivity index (χ4n) is 1.58. The number of benzene rings is 1. The van der Waals surface area contributed by atoms with Gasteiger partial charge in [0, 0.05) is 0 Å². The van der Waals surface area contributed by atoms with Crippen molar-refractivity contribution in [3.05, 3.63) is 24.3 Å². The molecule has 10 nitrogen and oxygen atoms in total. The Morgan fingerprint density at radius 1 is 0.952 bits per heavy atom. The molecule has 1 aromatic rings. The number of para-hydroxylation sites is 1. The monoisotopic (exact) mass is 361 g/mol. The topological polar surface area (TPSA) is 173 Å². The first-order chi connectivity index (χ1) is 9.30. The zero-order valence-corrected chi connectivity index (χ0v) is 12.9. The minimum absolute atomic E-state index is 0.424. The molecule has 13 heteroatoms. The maximum absolute atomic E-state index is 11.2. The van der Waals surface area contributed by atoms with Gasteiger partial charge in [0.25, 0.3) is 10.1 Å². The van der Waals surface area contributed by atoms with Crippen LogP contribution in [0.1, 0.15) is 0 Å². The van der Waals surface area contributed by atoms with Crippen LogP contribution in [0.2, 0.25) is 0 Å². The highest BCUT2D eigenvalue weighted by Crippen LogP contribution is 2.43. The molecular formula is C8H13NO9P2S. The van der Waals surface area contributed by atoms with Crippen LogP contribution in [0.4, 0.5) is 5.69 Å². The van der Waals surface area contributed by atoms with E-state index in [2.05, 4.69) is 0 Å². The Morgan fingerprint density at radius 2 is 1.38 bits per heavy atom. The number of anilines is 1. The SMILES string of the molecule is O=P(O)(O)CN(CP(=O)(O)O)c1ccccc1S(=O)(=O)O. The van der Waals surface area contributed by atoms with E-state index in [4.69, 9.17) is 24.1 Å². The van der Waals surface area contributed by atoms with Crippen molar-refractivity contribution in [3.63, 3.8) is 0 Å². The number of rotatable bonds is 6. The Balaban J connectivity index is 3.40. The Kier molecular flexibility index (Phi) is 5.36. The molecule has 0 atom stereocenters. The summed E-state index contributed by atoms with van der Waals surface area (Å²) in [6, 6.07) is 4.53. The third-order valence-electron chi connectivity index (χ3n) is 2.19. The van der Waals surface area contributed by atoms with E-state index in [1.807, 2.05) is 0 Å². The highest BCUT2D eigenvalue weighted by molar-refractivity contribution is 7.86. The molecule has 0 bridgehead atoms. The minimum atomic E-state index is -4.74. The molecule has 21 heavy (non-hydrogen) atoms. The summed E-state index contributed by atoms with van der Waals surface area (Å²) in [6.45, 7) is 0. The highest BCUT2D eigenvalue weighted by atomic mass is 32.2. The molecule has 0 saturated heterocycles. The first kappa shape index (κ1) is 18.3. The second-order valence-corrected chi connectivity index (χ2v) is 8.71. The summed E-state index contributed by atoms with van der Waals surface area (Å²) in [6.07, 6.45) is -2.24. The van der Waals surface area contributed by atoms with Crippen LogP contribution in [0.25, 0.3) is 0 Å². The second kappa shape index (κ2) is 6.15. The first-order valence-corrected chi connectivity index (χ1v) is 10.2. The molecule has 0 aliphatic carbocycles. The van der Waals surface area contributed by atoms with E-state index in [0.717, 1.165) is 12.1 Å². The summed E-state index contributed by atoms with van der Waals surface area (Å²) in [5.74, 6) is 0. The molecule has 0 aliphatic rings. The van der Waals surface area contributed by atoms with E-state index >= 15 is 0 Å². The van der Waals surface area contributed by atoms with Crippen molar-refractivity contribution < 1.29 is 41.7 Å². The molecule has 0 saturated carbocycles. The van der Waals surface area contributed by atoms with Gasteiger partial charge in [-0.2, -0.15) is 8.42 Å². The Labute approximate surface area is 120 Å². The Hall–Kier alpha value is -0.770. The molecular weight excluding hydrogens is 348 g/mol. The van der Waals surface area contributed by atoms with Gasteiger partial charge in [0.1, 0.15) is 17.5 Å². The summed E-state index contributed by atoms with van der Waals surface area (Å²) in [5.41, 5.74) is -0.424. The van der Waals surface area contributed by atoms with E-state index in [1.54, 1.807) is 0 Å². The largest absolute Gasteiger partial charge is 0.347 e. The molecule has 0 unspecified atom stereocenters. The molecule has 0 amide bonds. The van der Waals surface area contributed by atoms with Gasteiger partial charge in [-0.3, -0.25) is 13.7 Å². The van der Waals surface area contributed by atoms with Gasteiger partial charge in [0.05, 0.1) is 5.69 Å². The van der Waals surface area contributed by atoms with Gasteiger partial charge in [-0.15, -0.1) is 0 Å². The van der Waals surface area contributed by atoms with Crippen LogP contribution in [0.3, 0.4) is 0 Å². The quantitative estimate of drug-likeness (QED) is 0.343. The lowest BCUT2D eigenvalue weighted by atomic mass is 10.3. The molecule has 5 N–H and O–H groups in total. The van der Waals surface area contributed by atoms with Crippen molar-refractivity contribution in [3.8, 4) is 0 Å². The smallest absolute Gasteiger partial charge is 0.344 e. The van der Waals surface area contributed by atoms with E-state index < -0.39 is 48.5 Å². The zero-order valence-electron chi connectivity index (χ0n) is 10.3. The van der Waals surface area contributed by atoms with Crippen molar-refractivity contribution in [1.29, 1.82) is 0 Å². The van der Waals surface area contributed by atoms with Gasteiger partial charge in [-0.1, -0.05) is 12.1 Å². The van der Waals surface area contributed by atoms with Crippen LogP contribution < -0.4 is 4.90 Å². The van der Waals surface area contributed by atoms with Crippen molar-refractivity contribution in [2.45, 2.75) is 4.90 Å². The van der Waals surface area contributed by atoms with Crippen molar-refractivity contribution in [2.75, 3.05) is 17.5 Å². The van der Waals surface area contributed by atoms with Gasteiger partial charge in [0.15, 0.2) is 0 Å². The van der Waals surface area contributed by atoms with Crippen molar-refractivity contribution >= 4 is 31.0 Å². The van der Waals surface area contributed by atoms with Crippen molar-refractivity contribution in [1.82, 2.24) is 0 Å². The molecule has 0 radical (unpaired) electrons. The lowest BCUT2D eigenvalue weighted by Crippen LogP contribution is -2.27. The van der Waals surface area contributed by atoms with E-state index in [0.29, 0.717) is 4.90 Å². The average molecular weight is 361 g/mol. The van der Waals surface area contributed by atoms with Crippen LogP contribution in [0.5, 0.6) is 0 Å². The van der Waals surface area contributed by atoms with Gasteiger partial charge in [0.2, 0.25) is 0 Å². The summed E-state index contributed by atoms with van der Waals surface area (Å²) in [4.78, 5) is 35.6. The van der Waals surface area contributed by atoms with E-state index in [9.17, 15) is 17.5 Å². The van der Waals surface area contributed by atoms with Crippen LogP contribution in [-0.4, -0.2) is 45.1 Å². The first-order valence-electron chi connectivity index (χ1n) is 5.20. The van der Waals surface area contributed by atoms with Crippen LogP contribution in [-0.2, 0) is 19.2 Å². The van der Waals surface area contributed by atoms with Crippen LogP contribution >= 0.6 is 15.2 Å². The molecule has 0 aliphatic heterocycles. The summed E-state index contributed by atoms with van der Waals surface area (Å²) in [7, 11) is -14.2. The molecule has 1 rings (SSSR count). The fourth-order valence-corrected chi connectivity index (χ4v) is 3.84. The third-order valence-corrected chi connectivity index (χ3v) is 4.51. The van der Waals surface area contributed by atoms with Gasteiger partial charge < -0.3 is 24.5 Å². The highest BCUT2D eigenvalue weighted by Gasteiger charge is 2.29. The average Bonchev–Trinajstić information content (AvgIpc) is 2.23. The van der Waals surface area contributed by atoms with Gasteiger partial charge in [-0.05, 0) is 12.1 Å². The fraction of sp³-hybridized carbons (Fsp3) is 0.250. The minimum Gasteiger partial charge on any atom is -0.347 e. The maximum atomic E-state index is 11.2. The molecule has 0 fully saturated rings. The molecule has 1 aromatic carbocycles. The lowest BCUT2D eigenvalue weighted by Gasteiger charge is -2.26. The van der Waals surface area contributed by atoms with Crippen molar-refractivity contribution in [2.24, 2.45) is 0 Å².